The Kier molecular flexibility index (Phi) is 6.99. The summed E-state index contributed by atoms with van der Waals surface area (Å²) in [5.74, 6) is 0.143. The molecule has 2 N–H and O–H groups in total. The Hall–Kier alpha value is -1.46. The monoisotopic (exact) mass is 320 g/mol. The van der Waals surface area contributed by atoms with Crippen LogP contribution in [0.4, 0.5) is 0 Å². The molecule has 5 heteroatoms. The maximum Gasteiger partial charge on any atom is 0.223 e. The van der Waals surface area contributed by atoms with Crippen molar-refractivity contribution in [2.75, 3.05) is 20.3 Å². The van der Waals surface area contributed by atoms with Gasteiger partial charge in [-0.05, 0) is 37.3 Å². The van der Waals surface area contributed by atoms with Crippen LogP contribution in [0.2, 0.25) is 0 Å². The highest BCUT2D eigenvalue weighted by Gasteiger charge is 2.34. The number of nitrogens with one attached hydrogen (secondary N) is 1. The lowest BCUT2D eigenvalue weighted by Gasteiger charge is -2.35. The number of aliphatic hydroxyl groups is 1. The molecule has 0 saturated heterocycles. The Morgan fingerprint density at radius 2 is 2.22 bits per heavy atom. The van der Waals surface area contributed by atoms with E-state index in [1.54, 1.807) is 19.5 Å². The third-order valence-electron chi connectivity index (χ3n) is 4.72. The fourth-order valence-corrected chi connectivity index (χ4v) is 3.29. The van der Waals surface area contributed by atoms with Crippen molar-refractivity contribution in [2.45, 2.75) is 50.5 Å². The number of nitrogens with zero attached hydrogens (tertiary/aromatic N) is 1. The predicted octanol–water partition coefficient (Wildman–Crippen LogP) is 2.09. The first-order chi connectivity index (χ1) is 11.2. The molecule has 1 aromatic rings. The van der Waals surface area contributed by atoms with Crippen molar-refractivity contribution >= 4 is 5.91 Å². The van der Waals surface area contributed by atoms with Gasteiger partial charge in [0, 0.05) is 32.0 Å². The minimum absolute atomic E-state index is 0.0683. The van der Waals surface area contributed by atoms with E-state index in [1.807, 2.05) is 12.1 Å². The minimum Gasteiger partial charge on any atom is -0.394 e. The van der Waals surface area contributed by atoms with Crippen LogP contribution in [0.3, 0.4) is 0 Å². The van der Waals surface area contributed by atoms with E-state index in [-0.39, 0.29) is 18.4 Å². The van der Waals surface area contributed by atoms with Gasteiger partial charge < -0.3 is 15.2 Å². The number of carbonyl (C=O) groups excluding carboxylic acids is 1. The van der Waals surface area contributed by atoms with E-state index in [2.05, 4.69) is 10.3 Å². The number of carbonyl (C=O) groups is 1. The van der Waals surface area contributed by atoms with E-state index in [9.17, 15) is 9.90 Å². The molecule has 5 nitrogen and oxygen atoms in total. The third kappa shape index (κ3) is 5.29. The summed E-state index contributed by atoms with van der Waals surface area (Å²) >= 11 is 0. The van der Waals surface area contributed by atoms with Gasteiger partial charge >= 0.3 is 0 Å². The Balaban J connectivity index is 2.09. The van der Waals surface area contributed by atoms with Gasteiger partial charge in [0.1, 0.15) is 0 Å². The van der Waals surface area contributed by atoms with Gasteiger partial charge in [-0.15, -0.1) is 0 Å². The molecule has 1 amide bonds. The molecule has 0 aromatic carbocycles. The molecule has 2 rings (SSSR count). The fraction of sp³-hybridized carbons (Fsp3) is 0.667. The summed E-state index contributed by atoms with van der Waals surface area (Å²) in [6.07, 6.45) is 9.98. The molecule has 1 aliphatic rings. The number of pyridine rings is 1. The molecule has 0 radical (unpaired) electrons. The number of amides is 1. The molecule has 1 heterocycles. The van der Waals surface area contributed by atoms with Gasteiger partial charge in [-0.1, -0.05) is 25.3 Å². The number of aliphatic hydroxyl groups excluding tert-OH is 1. The molecule has 1 fully saturated rings. The smallest absolute Gasteiger partial charge is 0.223 e. The Labute approximate surface area is 138 Å². The molecule has 23 heavy (non-hydrogen) atoms. The highest BCUT2D eigenvalue weighted by Crippen LogP contribution is 2.26. The molecule has 0 aliphatic heterocycles. The van der Waals surface area contributed by atoms with Crippen molar-refractivity contribution in [2.24, 2.45) is 5.92 Å². The van der Waals surface area contributed by atoms with Crippen molar-refractivity contribution in [3.8, 4) is 0 Å². The van der Waals surface area contributed by atoms with E-state index in [0.29, 0.717) is 19.4 Å². The minimum atomic E-state index is -0.687. The number of ether oxygens (including phenoxy) is 1. The first kappa shape index (κ1) is 17.9. The van der Waals surface area contributed by atoms with Gasteiger partial charge in [-0.3, -0.25) is 9.78 Å². The van der Waals surface area contributed by atoms with E-state index >= 15 is 0 Å². The van der Waals surface area contributed by atoms with Crippen LogP contribution in [0.1, 0.15) is 44.1 Å². The van der Waals surface area contributed by atoms with Crippen LogP contribution in [0.5, 0.6) is 0 Å². The standard InChI is InChI=1S/C18H28N2O3/c1-23-11-9-18(14-21,12-15-6-5-10-19-13-15)20-17(22)16-7-3-2-4-8-16/h5-6,10,13,16,21H,2-4,7-9,11-12,14H2,1H3,(H,20,22). The van der Waals surface area contributed by atoms with Crippen LogP contribution in [-0.4, -0.2) is 41.9 Å². The van der Waals surface area contributed by atoms with E-state index in [0.717, 1.165) is 31.2 Å². The second-order valence-corrected chi connectivity index (χ2v) is 6.54. The summed E-state index contributed by atoms with van der Waals surface area (Å²) in [4.78, 5) is 16.8. The fourth-order valence-electron chi connectivity index (χ4n) is 3.29. The van der Waals surface area contributed by atoms with Crippen molar-refractivity contribution in [3.05, 3.63) is 30.1 Å². The van der Waals surface area contributed by atoms with Crippen LogP contribution in [0, 0.1) is 5.92 Å². The molecule has 128 valence electrons. The average Bonchev–Trinajstić information content (AvgIpc) is 2.61. The van der Waals surface area contributed by atoms with Crippen molar-refractivity contribution < 1.29 is 14.6 Å². The van der Waals surface area contributed by atoms with Crippen LogP contribution >= 0.6 is 0 Å². The van der Waals surface area contributed by atoms with Gasteiger partial charge in [-0.25, -0.2) is 0 Å². The third-order valence-corrected chi connectivity index (χ3v) is 4.72. The highest BCUT2D eigenvalue weighted by molar-refractivity contribution is 5.79. The molecule has 1 atom stereocenters. The topological polar surface area (TPSA) is 71.5 Å². The maximum atomic E-state index is 12.6. The second-order valence-electron chi connectivity index (χ2n) is 6.54. The Bertz CT molecular complexity index is 474. The van der Waals surface area contributed by atoms with Gasteiger partial charge in [-0.2, -0.15) is 0 Å². The molecule has 0 bridgehead atoms. The summed E-state index contributed by atoms with van der Waals surface area (Å²) in [5.41, 5.74) is 0.315. The molecule has 1 saturated carbocycles. The first-order valence-corrected chi connectivity index (χ1v) is 8.50. The highest BCUT2D eigenvalue weighted by atomic mass is 16.5. The summed E-state index contributed by atoms with van der Waals surface area (Å²) < 4.78 is 5.19. The number of aromatic nitrogens is 1. The van der Waals surface area contributed by atoms with Crippen LogP contribution in [0.15, 0.2) is 24.5 Å². The van der Waals surface area contributed by atoms with E-state index < -0.39 is 5.54 Å². The zero-order chi connectivity index (χ0) is 16.5. The molecule has 0 spiro atoms. The lowest BCUT2D eigenvalue weighted by molar-refractivity contribution is -0.128. The molecule has 1 aliphatic carbocycles. The average molecular weight is 320 g/mol. The molecule has 1 aromatic heterocycles. The number of rotatable bonds is 8. The number of hydrogen-bond donors (Lipinski definition) is 2. The Morgan fingerprint density at radius 3 is 2.83 bits per heavy atom. The predicted molar refractivity (Wildman–Crippen MR) is 89.0 cm³/mol. The van der Waals surface area contributed by atoms with Crippen molar-refractivity contribution in [1.82, 2.24) is 10.3 Å². The second kappa shape index (κ2) is 8.99. The van der Waals surface area contributed by atoms with Crippen LogP contribution in [-0.2, 0) is 16.0 Å². The lowest BCUT2D eigenvalue weighted by Crippen LogP contribution is -2.55. The quantitative estimate of drug-likeness (QED) is 0.769. The maximum absolute atomic E-state index is 12.6. The van der Waals surface area contributed by atoms with Gasteiger partial charge in [0.05, 0.1) is 12.1 Å². The Morgan fingerprint density at radius 1 is 1.43 bits per heavy atom. The van der Waals surface area contributed by atoms with Crippen molar-refractivity contribution in [1.29, 1.82) is 0 Å². The van der Waals surface area contributed by atoms with Gasteiger partial charge in [0.2, 0.25) is 5.91 Å². The van der Waals surface area contributed by atoms with Gasteiger partial charge in [0.15, 0.2) is 0 Å². The van der Waals surface area contributed by atoms with Crippen molar-refractivity contribution in [3.63, 3.8) is 0 Å². The molecular weight excluding hydrogens is 292 g/mol. The van der Waals surface area contributed by atoms with Crippen LogP contribution < -0.4 is 5.32 Å². The number of hydrogen-bond acceptors (Lipinski definition) is 4. The summed E-state index contributed by atoms with van der Waals surface area (Å²) in [6, 6.07) is 3.84. The van der Waals surface area contributed by atoms with Crippen LogP contribution in [0.25, 0.3) is 0 Å². The largest absolute Gasteiger partial charge is 0.394 e. The first-order valence-electron chi connectivity index (χ1n) is 8.50. The SMILES string of the molecule is COCCC(CO)(Cc1cccnc1)NC(=O)C1CCCCC1. The summed E-state index contributed by atoms with van der Waals surface area (Å²) in [5, 5.41) is 13.2. The van der Waals surface area contributed by atoms with E-state index in [4.69, 9.17) is 4.74 Å². The van der Waals surface area contributed by atoms with E-state index in [1.165, 1.54) is 6.42 Å². The molecular formula is C18H28N2O3. The zero-order valence-corrected chi connectivity index (χ0v) is 14.0. The van der Waals surface area contributed by atoms with Gasteiger partial charge in [0.25, 0.3) is 0 Å². The lowest BCUT2D eigenvalue weighted by atomic mass is 9.85. The normalized spacial score (nSPS) is 18.3. The molecule has 1 unspecified atom stereocenters. The summed E-state index contributed by atoms with van der Waals surface area (Å²) in [7, 11) is 1.63. The number of methoxy groups -OCH3 is 1. The summed E-state index contributed by atoms with van der Waals surface area (Å²) in [6.45, 7) is 0.384. The zero-order valence-electron chi connectivity index (χ0n) is 14.0.